The Morgan fingerprint density at radius 1 is 1.28 bits per heavy atom. The second kappa shape index (κ2) is 9.56. The van der Waals surface area contributed by atoms with Gasteiger partial charge in [0.25, 0.3) is 5.91 Å². The van der Waals surface area contributed by atoms with E-state index in [0.717, 1.165) is 12.0 Å². The summed E-state index contributed by atoms with van der Waals surface area (Å²) in [5.74, 6) is -0.189. The van der Waals surface area contributed by atoms with Crippen LogP contribution in [-0.4, -0.2) is 89.4 Å². The summed E-state index contributed by atoms with van der Waals surface area (Å²) in [5, 5.41) is 43.6. The van der Waals surface area contributed by atoms with Gasteiger partial charge in [0.2, 0.25) is 5.91 Å². The van der Waals surface area contributed by atoms with Gasteiger partial charge in [-0.2, -0.15) is 0 Å². The van der Waals surface area contributed by atoms with E-state index in [1.807, 2.05) is 26.0 Å². The second-order valence-corrected chi connectivity index (χ2v) is 11.9. The first-order valence-electron chi connectivity index (χ1n) is 13.4. The summed E-state index contributed by atoms with van der Waals surface area (Å²) < 4.78 is 5.92. The van der Waals surface area contributed by atoms with Gasteiger partial charge in [-0.05, 0) is 23.8 Å². The zero-order valence-electron chi connectivity index (χ0n) is 22.7. The van der Waals surface area contributed by atoms with Gasteiger partial charge in [0, 0.05) is 18.7 Å². The molecule has 3 saturated heterocycles. The highest BCUT2D eigenvalue weighted by Gasteiger charge is 2.66. The maximum atomic E-state index is 13.5. The van der Waals surface area contributed by atoms with Crippen molar-refractivity contribution in [1.82, 2.24) is 31.5 Å². The Morgan fingerprint density at radius 2 is 2.03 bits per heavy atom. The Bertz CT molecular complexity index is 1200. The fourth-order valence-corrected chi connectivity index (χ4v) is 6.13. The standard InChI is InChI=1S/C26H39N9O4/c1-12(2)17(27)22(38)30-10-15-19-26(34-23(28)33-19)20(36)16(11-35(26)24(29)32-15)31-21(37)13-6-5-7-14-18(13)39-9-8-25(14,3)4/h5-7,12,15-17,19-20,36H,8-11,27H2,1-4H3,(H2,29,32)(H,30,38)(H,31,37)(H3,28,33,34)/t15-,16?,17-,19?,20+,26?/m0/s1. The Labute approximate surface area is 227 Å². The molecule has 3 unspecified atom stereocenters. The number of nitrogens with two attached hydrogens (primary N) is 1. The summed E-state index contributed by atoms with van der Waals surface area (Å²) >= 11 is 0. The van der Waals surface area contributed by atoms with Crippen LogP contribution in [0.3, 0.4) is 0 Å². The first-order valence-corrected chi connectivity index (χ1v) is 13.4. The molecule has 2 amide bonds. The number of aliphatic hydroxyl groups is 1. The van der Waals surface area contributed by atoms with Crippen molar-refractivity contribution in [1.29, 1.82) is 10.8 Å². The van der Waals surface area contributed by atoms with Gasteiger partial charge < -0.3 is 47.1 Å². The Hall–Kier alpha value is -3.58. The molecule has 13 heteroatoms. The number of guanidine groups is 2. The summed E-state index contributed by atoms with van der Waals surface area (Å²) in [7, 11) is 0. The topological polar surface area (TPSA) is 201 Å². The van der Waals surface area contributed by atoms with Gasteiger partial charge in [-0.25, -0.2) is 0 Å². The van der Waals surface area contributed by atoms with E-state index in [0.29, 0.717) is 17.9 Å². The van der Waals surface area contributed by atoms with Crippen LogP contribution in [-0.2, 0) is 10.2 Å². The number of carbonyl (C=O) groups is 2. The molecule has 13 nitrogen and oxygen atoms in total. The van der Waals surface area contributed by atoms with E-state index < -0.39 is 35.9 Å². The van der Waals surface area contributed by atoms with Crippen LogP contribution < -0.4 is 37.1 Å². The lowest BCUT2D eigenvalue weighted by molar-refractivity contribution is -0.123. The van der Waals surface area contributed by atoms with Crippen molar-refractivity contribution in [3.05, 3.63) is 29.3 Å². The molecular weight excluding hydrogens is 502 g/mol. The maximum Gasteiger partial charge on any atom is 0.255 e. The van der Waals surface area contributed by atoms with Crippen LogP contribution >= 0.6 is 0 Å². The van der Waals surface area contributed by atoms with Gasteiger partial charge in [-0.3, -0.25) is 20.4 Å². The minimum absolute atomic E-state index is 0.0145. The number of rotatable bonds is 6. The third-order valence-corrected chi connectivity index (χ3v) is 8.55. The molecule has 1 spiro atoms. The van der Waals surface area contributed by atoms with E-state index in [4.69, 9.17) is 21.3 Å². The van der Waals surface area contributed by atoms with E-state index in [1.165, 1.54) is 0 Å². The lowest BCUT2D eigenvalue weighted by atomic mass is 9.79. The molecule has 4 aliphatic heterocycles. The predicted octanol–water partition coefficient (Wildman–Crippen LogP) is -1.28. The summed E-state index contributed by atoms with van der Waals surface area (Å²) in [6.07, 6.45) is -0.340. The van der Waals surface area contributed by atoms with E-state index in [-0.39, 0.29) is 48.2 Å². The normalized spacial score (nSPS) is 31.1. The van der Waals surface area contributed by atoms with Crippen LogP contribution in [0.4, 0.5) is 0 Å². The van der Waals surface area contributed by atoms with Crippen molar-refractivity contribution in [2.45, 2.75) is 75.5 Å². The summed E-state index contributed by atoms with van der Waals surface area (Å²) in [4.78, 5) is 27.6. The zero-order chi connectivity index (χ0) is 28.3. The molecule has 0 aliphatic carbocycles. The molecule has 4 heterocycles. The van der Waals surface area contributed by atoms with Crippen molar-refractivity contribution in [3.8, 4) is 5.75 Å². The highest BCUT2D eigenvalue weighted by Crippen LogP contribution is 2.41. The van der Waals surface area contributed by atoms with Crippen molar-refractivity contribution < 1.29 is 19.4 Å². The molecule has 1 aromatic rings. The number of aliphatic hydroxyl groups excluding tert-OH is 1. The molecule has 1 aromatic carbocycles. The molecule has 212 valence electrons. The SMILES string of the molecule is CC(C)[C@H](N)C(=O)NC[C@@H]1NC(=N)N2CC(NC(=O)c3cccc4c3OCCC4(C)C)[C@@H](O)C23NC(=N)NC13. The third kappa shape index (κ3) is 4.33. The van der Waals surface area contributed by atoms with Crippen LogP contribution in [0, 0.1) is 16.7 Å². The second-order valence-electron chi connectivity index (χ2n) is 11.9. The Balaban J connectivity index is 1.37. The third-order valence-electron chi connectivity index (χ3n) is 8.55. The van der Waals surface area contributed by atoms with Gasteiger partial charge in [0.15, 0.2) is 17.6 Å². The van der Waals surface area contributed by atoms with Gasteiger partial charge in [0.05, 0.1) is 36.3 Å². The fourth-order valence-electron chi connectivity index (χ4n) is 6.13. The molecule has 0 bridgehead atoms. The number of hydrogen-bond acceptors (Lipinski definition) is 7. The maximum absolute atomic E-state index is 13.5. The number of benzene rings is 1. The molecule has 10 N–H and O–H groups in total. The van der Waals surface area contributed by atoms with Crippen LogP contribution in [0.2, 0.25) is 0 Å². The Kier molecular flexibility index (Phi) is 6.62. The van der Waals surface area contributed by atoms with Crippen molar-refractivity contribution in [2.24, 2.45) is 11.7 Å². The largest absolute Gasteiger partial charge is 0.492 e. The average Bonchev–Trinajstić information content (AvgIpc) is 3.37. The lowest BCUT2D eigenvalue weighted by Gasteiger charge is -2.49. The summed E-state index contributed by atoms with van der Waals surface area (Å²) in [6, 6.07) is 2.95. The monoisotopic (exact) mass is 541 g/mol. The molecular formula is C26H39N9O4. The molecule has 0 radical (unpaired) electrons. The number of fused-ring (bicyclic) bond motifs is 1. The first kappa shape index (κ1) is 27.0. The molecule has 0 saturated carbocycles. The summed E-state index contributed by atoms with van der Waals surface area (Å²) in [6.45, 7) is 8.72. The molecule has 5 rings (SSSR count). The zero-order valence-corrected chi connectivity index (χ0v) is 22.7. The smallest absolute Gasteiger partial charge is 0.255 e. The minimum atomic E-state index is -1.28. The number of nitrogens with one attached hydrogen (secondary N) is 7. The van der Waals surface area contributed by atoms with Gasteiger partial charge in [-0.1, -0.05) is 39.8 Å². The van der Waals surface area contributed by atoms with E-state index in [2.05, 4.69) is 40.4 Å². The number of carbonyl (C=O) groups excluding carboxylic acids is 2. The molecule has 39 heavy (non-hydrogen) atoms. The minimum Gasteiger partial charge on any atom is -0.492 e. The number of para-hydroxylation sites is 1. The molecule has 3 fully saturated rings. The molecule has 4 aliphatic rings. The number of ether oxygens (including phenoxy) is 1. The number of amides is 2. The van der Waals surface area contributed by atoms with Gasteiger partial charge >= 0.3 is 0 Å². The number of nitrogens with zero attached hydrogens (tertiary/aromatic N) is 1. The van der Waals surface area contributed by atoms with Crippen molar-refractivity contribution in [3.63, 3.8) is 0 Å². The van der Waals surface area contributed by atoms with Crippen molar-refractivity contribution >= 4 is 23.7 Å². The van der Waals surface area contributed by atoms with Crippen LogP contribution in [0.5, 0.6) is 5.75 Å². The number of hydrogen-bond donors (Lipinski definition) is 9. The molecule has 6 atom stereocenters. The predicted molar refractivity (Wildman–Crippen MR) is 145 cm³/mol. The Morgan fingerprint density at radius 3 is 2.74 bits per heavy atom. The van der Waals surface area contributed by atoms with Crippen LogP contribution in [0.25, 0.3) is 0 Å². The highest BCUT2D eigenvalue weighted by molar-refractivity contribution is 5.98. The van der Waals surface area contributed by atoms with E-state index in [9.17, 15) is 14.7 Å². The highest BCUT2D eigenvalue weighted by atomic mass is 16.5. The first-order chi connectivity index (χ1) is 18.4. The fraction of sp³-hybridized carbons (Fsp3) is 0.615. The van der Waals surface area contributed by atoms with Gasteiger partial charge in [-0.15, -0.1) is 0 Å². The van der Waals surface area contributed by atoms with Crippen molar-refractivity contribution in [2.75, 3.05) is 19.7 Å². The van der Waals surface area contributed by atoms with Crippen LogP contribution in [0.1, 0.15) is 50.0 Å². The van der Waals surface area contributed by atoms with E-state index >= 15 is 0 Å². The van der Waals surface area contributed by atoms with Gasteiger partial charge in [0.1, 0.15) is 11.9 Å². The molecule has 0 aromatic heterocycles. The van der Waals surface area contributed by atoms with E-state index in [1.54, 1.807) is 11.0 Å². The lowest BCUT2D eigenvalue weighted by Crippen LogP contribution is -2.78. The van der Waals surface area contributed by atoms with Crippen LogP contribution in [0.15, 0.2) is 18.2 Å². The average molecular weight is 542 g/mol. The summed E-state index contributed by atoms with van der Waals surface area (Å²) in [5.41, 5.74) is 5.93. The quantitative estimate of drug-likeness (QED) is 0.210.